The highest BCUT2D eigenvalue weighted by Crippen LogP contribution is 2.36. The molecule has 0 aliphatic carbocycles. The fourth-order valence-electron chi connectivity index (χ4n) is 4.02. The molecule has 3 aromatic rings. The summed E-state index contributed by atoms with van der Waals surface area (Å²) in [5.41, 5.74) is 1.54. The fourth-order valence-corrected chi connectivity index (χ4v) is 4.02. The zero-order chi connectivity index (χ0) is 22.0. The van der Waals surface area contributed by atoms with E-state index in [4.69, 9.17) is 9.47 Å². The first kappa shape index (κ1) is 20.6. The van der Waals surface area contributed by atoms with Crippen LogP contribution in [0.5, 0.6) is 11.5 Å². The summed E-state index contributed by atoms with van der Waals surface area (Å²) in [4.78, 5) is 34.1. The molecule has 0 bridgehead atoms. The van der Waals surface area contributed by atoms with Crippen molar-refractivity contribution >= 4 is 22.6 Å². The molecule has 162 valence electrons. The number of nitrogens with one attached hydrogen (secondary N) is 1. The second kappa shape index (κ2) is 8.63. The number of aromatic nitrogens is 2. The normalized spacial score (nSPS) is 16.3. The molecule has 2 aromatic carbocycles. The average Bonchev–Trinajstić information content (AvgIpc) is 3.23. The number of para-hydroxylation sites is 2. The summed E-state index contributed by atoms with van der Waals surface area (Å²) in [6.07, 6.45) is 1.67. The smallest absolute Gasteiger partial charge is 0.286 e. The quantitative estimate of drug-likeness (QED) is 0.475. The topological polar surface area (TPSA) is 111 Å². The van der Waals surface area contributed by atoms with E-state index in [0.29, 0.717) is 25.4 Å². The SMILES string of the molecule is CCOc1cc(C(=O)N2CCC[C@H](c3nc4ccccc4[nH]3)C2)c([N+](=O)[O-])cc1OC. The van der Waals surface area contributed by atoms with Gasteiger partial charge in [0.25, 0.3) is 11.6 Å². The van der Waals surface area contributed by atoms with E-state index in [1.165, 1.54) is 19.2 Å². The van der Waals surface area contributed by atoms with Crippen LogP contribution in [0, 0.1) is 10.1 Å². The van der Waals surface area contributed by atoms with Gasteiger partial charge in [-0.3, -0.25) is 14.9 Å². The fraction of sp³-hybridized carbons (Fsp3) is 0.364. The van der Waals surface area contributed by atoms with Crippen LogP contribution in [0.25, 0.3) is 11.0 Å². The van der Waals surface area contributed by atoms with Crippen molar-refractivity contribution in [3.63, 3.8) is 0 Å². The summed E-state index contributed by atoms with van der Waals surface area (Å²) in [6, 6.07) is 10.4. The molecule has 1 fully saturated rings. The van der Waals surface area contributed by atoms with Gasteiger partial charge in [-0.1, -0.05) is 12.1 Å². The number of H-pyrrole nitrogens is 1. The van der Waals surface area contributed by atoms with E-state index in [9.17, 15) is 14.9 Å². The van der Waals surface area contributed by atoms with Crippen molar-refractivity contribution in [1.29, 1.82) is 0 Å². The van der Waals surface area contributed by atoms with Gasteiger partial charge in [0.2, 0.25) is 0 Å². The molecule has 2 heterocycles. The second-order valence-electron chi connectivity index (χ2n) is 7.44. The van der Waals surface area contributed by atoms with Gasteiger partial charge in [0, 0.05) is 25.1 Å². The van der Waals surface area contributed by atoms with E-state index in [2.05, 4.69) is 9.97 Å². The number of ether oxygens (including phenoxy) is 2. The molecule has 1 aromatic heterocycles. The largest absolute Gasteiger partial charge is 0.493 e. The molecule has 1 amide bonds. The Balaban J connectivity index is 1.63. The Hall–Kier alpha value is -3.62. The van der Waals surface area contributed by atoms with Crippen molar-refractivity contribution < 1.29 is 19.2 Å². The maximum absolute atomic E-state index is 13.3. The highest BCUT2D eigenvalue weighted by molar-refractivity contribution is 5.99. The molecular weight excluding hydrogens is 400 g/mol. The number of piperidine rings is 1. The molecule has 4 rings (SSSR count). The van der Waals surface area contributed by atoms with Crippen LogP contribution in [-0.2, 0) is 0 Å². The summed E-state index contributed by atoms with van der Waals surface area (Å²) in [5.74, 6) is 1.01. The molecule has 31 heavy (non-hydrogen) atoms. The number of benzene rings is 2. The van der Waals surface area contributed by atoms with E-state index in [-0.39, 0.29) is 22.9 Å². The van der Waals surface area contributed by atoms with Crippen LogP contribution in [0.1, 0.15) is 41.9 Å². The first-order chi connectivity index (χ1) is 15.0. The highest BCUT2D eigenvalue weighted by Gasteiger charge is 2.32. The van der Waals surface area contributed by atoms with Crippen molar-refractivity contribution in [1.82, 2.24) is 14.9 Å². The minimum absolute atomic E-state index is 0.000457. The number of nitro benzene ring substituents is 1. The number of imidazole rings is 1. The predicted octanol–water partition coefficient (Wildman–Crippen LogP) is 3.90. The number of fused-ring (bicyclic) bond motifs is 1. The lowest BCUT2D eigenvalue weighted by molar-refractivity contribution is -0.385. The number of hydrogen-bond donors (Lipinski definition) is 1. The van der Waals surface area contributed by atoms with Crippen LogP contribution in [-0.4, -0.2) is 52.5 Å². The number of aromatic amines is 1. The van der Waals surface area contributed by atoms with Crippen molar-refractivity contribution in [3.05, 3.63) is 57.9 Å². The average molecular weight is 424 g/mol. The Morgan fingerprint density at radius 2 is 2.13 bits per heavy atom. The van der Waals surface area contributed by atoms with Gasteiger partial charge in [-0.2, -0.15) is 0 Å². The number of rotatable bonds is 6. The standard InChI is InChI=1S/C22H24N4O5/c1-3-31-20-11-15(18(26(28)29)12-19(20)30-2)22(27)25-10-6-7-14(13-25)21-23-16-8-4-5-9-17(16)24-21/h4-5,8-9,11-12,14H,3,6-7,10,13H2,1-2H3,(H,23,24)/t14-/m0/s1. The summed E-state index contributed by atoms with van der Waals surface area (Å²) < 4.78 is 10.7. The van der Waals surface area contributed by atoms with E-state index >= 15 is 0 Å². The molecule has 0 radical (unpaired) electrons. The molecule has 1 aliphatic heterocycles. The van der Waals surface area contributed by atoms with Gasteiger partial charge in [0.05, 0.1) is 35.7 Å². The van der Waals surface area contributed by atoms with Crippen LogP contribution in [0.4, 0.5) is 5.69 Å². The van der Waals surface area contributed by atoms with Crippen molar-refractivity contribution in [2.24, 2.45) is 0 Å². The third-order valence-corrected chi connectivity index (χ3v) is 5.51. The third kappa shape index (κ3) is 4.03. The monoisotopic (exact) mass is 424 g/mol. The van der Waals surface area contributed by atoms with Crippen molar-refractivity contribution in [3.8, 4) is 11.5 Å². The Morgan fingerprint density at radius 3 is 2.84 bits per heavy atom. The van der Waals surface area contributed by atoms with Gasteiger partial charge in [0.15, 0.2) is 11.5 Å². The van der Waals surface area contributed by atoms with Gasteiger partial charge in [-0.15, -0.1) is 0 Å². The van der Waals surface area contributed by atoms with Gasteiger partial charge >= 0.3 is 0 Å². The highest BCUT2D eigenvalue weighted by atomic mass is 16.6. The van der Waals surface area contributed by atoms with Crippen molar-refractivity contribution in [2.45, 2.75) is 25.7 Å². The molecule has 1 atom stereocenters. The van der Waals surface area contributed by atoms with Crippen LogP contribution in [0.3, 0.4) is 0 Å². The zero-order valence-corrected chi connectivity index (χ0v) is 17.5. The van der Waals surface area contributed by atoms with E-state index < -0.39 is 10.8 Å². The maximum Gasteiger partial charge on any atom is 0.286 e. The van der Waals surface area contributed by atoms with E-state index in [1.807, 2.05) is 24.3 Å². The first-order valence-corrected chi connectivity index (χ1v) is 10.2. The Kier molecular flexibility index (Phi) is 5.75. The molecule has 0 spiro atoms. The number of amides is 1. The lowest BCUT2D eigenvalue weighted by Crippen LogP contribution is -2.39. The van der Waals surface area contributed by atoms with Crippen molar-refractivity contribution in [2.75, 3.05) is 26.8 Å². The number of nitro groups is 1. The molecule has 0 saturated carbocycles. The minimum Gasteiger partial charge on any atom is -0.493 e. The molecular formula is C22H24N4O5. The lowest BCUT2D eigenvalue weighted by atomic mass is 9.96. The molecule has 1 aliphatic rings. The maximum atomic E-state index is 13.3. The molecule has 9 nitrogen and oxygen atoms in total. The van der Waals surface area contributed by atoms with Gasteiger partial charge in [0.1, 0.15) is 11.4 Å². The summed E-state index contributed by atoms with van der Waals surface area (Å²) in [7, 11) is 1.41. The Bertz CT molecular complexity index is 1090. The Morgan fingerprint density at radius 1 is 1.32 bits per heavy atom. The predicted molar refractivity (Wildman–Crippen MR) is 115 cm³/mol. The lowest BCUT2D eigenvalue weighted by Gasteiger charge is -2.32. The molecule has 0 unspecified atom stereocenters. The Labute approximate surface area is 179 Å². The third-order valence-electron chi connectivity index (χ3n) is 5.51. The summed E-state index contributed by atoms with van der Waals surface area (Å²) >= 11 is 0. The number of likely N-dealkylation sites (tertiary alicyclic amines) is 1. The number of carbonyl (C=O) groups excluding carboxylic acids is 1. The van der Waals surface area contributed by atoms with E-state index in [1.54, 1.807) is 11.8 Å². The van der Waals surface area contributed by atoms with Crippen LogP contribution < -0.4 is 9.47 Å². The van der Waals surface area contributed by atoms with Crippen LogP contribution in [0.15, 0.2) is 36.4 Å². The van der Waals surface area contributed by atoms with Crippen LogP contribution >= 0.6 is 0 Å². The van der Waals surface area contributed by atoms with Gasteiger partial charge in [-0.05, 0) is 31.9 Å². The summed E-state index contributed by atoms with van der Waals surface area (Å²) in [6.45, 7) is 3.11. The number of carbonyl (C=O) groups is 1. The van der Waals surface area contributed by atoms with E-state index in [0.717, 1.165) is 29.7 Å². The minimum atomic E-state index is -0.563. The van der Waals surface area contributed by atoms with Crippen LogP contribution in [0.2, 0.25) is 0 Å². The van der Waals surface area contributed by atoms with Gasteiger partial charge in [-0.25, -0.2) is 4.98 Å². The first-order valence-electron chi connectivity index (χ1n) is 10.2. The zero-order valence-electron chi connectivity index (χ0n) is 17.5. The molecule has 1 N–H and O–H groups in total. The number of hydrogen-bond acceptors (Lipinski definition) is 6. The second-order valence-corrected chi connectivity index (χ2v) is 7.44. The number of methoxy groups -OCH3 is 1. The van der Waals surface area contributed by atoms with Gasteiger partial charge < -0.3 is 19.4 Å². The molecule has 1 saturated heterocycles. The molecule has 9 heteroatoms. The number of nitrogens with zero attached hydrogens (tertiary/aromatic N) is 3. The summed E-state index contributed by atoms with van der Waals surface area (Å²) in [5, 5.41) is 11.7.